The zero-order valence-corrected chi connectivity index (χ0v) is 14.5. The number of nitrogens with zero attached hydrogens (tertiary/aromatic N) is 1. The van der Waals surface area contributed by atoms with Crippen LogP contribution in [-0.2, 0) is 9.53 Å². The summed E-state index contributed by atoms with van der Waals surface area (Å²) in [6.07, 6.45) is 0. The fourth-order valence-corrected chi connectivity index (χ4v) is 2.89. The molecule has 1 aromatic carbocycles. The monoisotopic (exact) mass is 343 g/mol. The first-order valence-corrected chi connectivity index (χ1v) is 8.32. The van der Waals surface area contributed by atoms with E-state index in [9.17, 15) is 9.59 Å². The number of ketones is 1. The van der Waals surface area contributed by atoms with E-state index in [0.29, 0.717) is 10.8 Å². The van der Waals surface area contributed by atoms with Crippen molar-refractivity contribution in [3.63, 3.8) is 0 Å². The van der Waals surface area contributed by atoms with Crippen molar-refractivity contribution in [3.05, 3.63) is 42.2 Å². The highest BCUT2D eigenvalue weighted by Gasteiger charge is 2.24. The first-order valence-electron chi connectivity index (χ1n) is 7.51. The Morgan fingerprint density at radius 3 is 2.62 bits per heavy atom. The number of ether oxygens (including phenoxy) is 1. The minimum atomic E-state index is -0.653. The van der Waals surface area contributed by atoms with Crippen LogP contribution in [0.15, 0.2) is 40.8 Å². The van der Waals surface area contributed by atoms with Crippen molar-refractivity contribution in [3.8, 4) is 10.8 Å². The Bertz CT molecular complexity index is 868. The molecule has 0 saturated heterocycles. The molecule has 0 radical (unpaired) electrons. The largest absolute Gasteiger partial charge is 0.452 e. The number of thiazole rings is 1. The van der Waals surface area contributed by atoms with Crippen LogP contribution in [0.25, 0.3) is 21.0 Å². The Kier molecular flexibility index (Phi) is 4.24. The number of hydrogen-bond donors (Lipinski definition) is 0. The van der Waals surface area contributed by atoms with Crippen LogP contribution in [-0.4, -0.2) is 23.3 Å². The number of carbonyl (C=O) groups is 2. The second-order valence-corrected chi connectivity index (χ2v) is 7.43. The molecule has 0 aliphatic carbocycles. The molecule has 2 heterocycles. The number of para-hydroxylation sites is 1. The summed E-state index contributed by atoms with van der Waals surface area (Å²) < 4.78 is 11.6. The van der Waals surface area contributed by atoms with Gasteiger partial charge in [0, 0.05) is 5.41 Å². The molecule has 3 rings (SSSR count). The number of Topliss-reactive ketones (excluding diaryl/α,β-unsaturated/α-hetero) is 1. The maximum atomic E-state index is 12.0. The van der Waals surface area contributed by atoms with Crippen LogP contribution in [0.1, 0.15) is 31.3 Å². The van der Waals surface area contributed by atoms with Gasteiger partial charge in [0.2, 0.25) is 5.76 Å². The molecule has 0 bridgehead atoms. The number of fused-ring (bicyclic) bond motifs is 1. The minimum absolute atomic E-state index is 0.0611. The highest BCUT2D eigenvalue weighted by Crippen LogP contribution is 2.31. The Balaban J connectivity index is 1.73. The van der Waals surface area contributed by atoms with E-state index in [2.05, 4.69) is 4.98 Å². The fourth-order valence-electron chi connectivity index (χ4n) is 1.96. The molecule has 0 atom stereocenters. The van der Waals surface area contributed by atoms with Crippen molar-refractivity contribution >= 4 is 33.3 Å². The molecule has 24 heavy (non-hydrogen) atoms. The number of furan rings is 1. The topological polar surface area (TPSA) is 69.4 Å². The molecule has 3 aromatic rings. The normalized spacial score (nSPS) is 11.6. The van der Waals surface area contributed by atoms with E-state index in [1.165, 1.54) is 17.4 Å². The van der Waals surface area contributed by atoms with Crippen molar-refractivity contribution in [1.29, 1.82) is 0 Å². The number of esters is 1. The van der Waals surface area contributed by atoms with E-state index in [0.717, 1.165) is 10.2 Å². The van der Waals surface area contributed by atoms with Gasteiger partial charge in [0.1, 0.15) is 0 Å². The predicted octanol–water partition coefficient (Wildman–Crippen LogP) is 4.33. The molecule has 0 fully saturated rings. The third-order valence-corrected chi connectivity index (χ3v) is 4.53. The molecule has 0 unspecified atom stereocenters. The Morgan fingerprint density at radius 2 is 1.92 bits per heavy atom. The fraction of sp³-hybridized carbons (Fsp3) is 0.278. The predicted molar refractivity (Wildman–Crippen MR) is 92.1 cm³/mol. The van der Waals surface area contributed by atoms with E-state index in [1.807, 2.05) is 24.3 Å². The number of rotatable bonds is 4. The van der Waals surface area contributed by atoms with Gasteiger partial charge in [0.15, 0.2) is 23.2 Å². The van der Waals surface area contributed by atoms with Gasteiger partial charge in [-0.25, -0.2) is 9.78 Å². The maximum Gasteiger partial charge on any atom is 0.374 e. The van der Waals surface area contributed by atoms with Gasteiger partial charge in [0.25, 0.3) is 0 Å². The van der Waals surface area contributed by atoms with Gasteiger partial charge in [0.05, 0.1) is 10.2 Å². The van der Waals surface area contributed by atoms with Crippen molar-refractivity contribution in [2.24, 2.45) is 5.41 Å². The molecule has 0 N–H and O–H groups in total. The molecule has 0 aliphatic rings. The summed E-state index contributed by atoms with van der Waals surface area (Å²) >= 11 is 1.49. The molecule has 6 heteroatoms. The summed E-state index contributed by atoms with van der Waals surface area (Å²) in [7, 11) is 0. The smallest absolute Gasteiger partial charge is 0.374 e. The summed E-state index contributed by atoms with van der Waals surface area (Å²) in [6, 6.07) is 11.0. The van der Waals surface area contributed by atoms with E-state index in [1.54, 1.807) is 26.8 Å². The lowest BCUT2D eigenvalue weighted by atomic mass is 9.91. The van der Waals surface area contributed by atoms with Crippen molar-refractivity contribution in [2.45, 2.75) is 20.8 Å². The molecular weight excluding hydrogens is 326 g/mol. The Hall–Kier alpha value is -2.47. The zero-order valence-electron chi connectivity index (χ0n) is 13.7. The number of benzene rings is 1. The van der Waals surface area contributed by atoms with E-state index < -0.39 is 11.4 Å². The second-order valence-electron chi connectivity index (χ2n) is 6.40. The van der Waals surface area contributed by atoms with E-state index >= 15 is 0 Å². The first kappa shape index (κ1) is 16.4. The van der Waals surface area contributed by atoms with Gasteiger partial charge < -0.3 is 9.15 Å². The summed E-state index contributed by atoms with van der Waals surface area (Å²) in [6.45, 7) is 5.07. The van der Waals surface area contributed by atoms with Gasteiger partial charge in [-0.3, -0.25) is 4.79 Å². The van der Waals surface area contributed by atoms with Crippen LogP contribution in [0, 0.1) is 5.41 Å². The van der Waals surface area contributed by atoms with Crippen LogP contribution < -0.4 is 0 Å². The average Bonchev–Trinajstić information content (AvgIpc) is 3.17. The zero-order chi connectivity index (χ0) is 17.3. The van der Waals surface area contributed by atoms with Gasteiger partial charge in [-0.1, -0.05) is 32.9 Å². The number of hydrogen-bond acceptors (Lipinski definition) is 6. The molecule has 0 spiro atoms. The molecule has 0 aliphatic heterocycles. The molecule has 0 amide bonds. The van der Waals surface area contributed by atoms with Crippen LogP contribution in [0.3, 0.4) is 0 Å². The summed E-state index contributed by atoms with van der Waals surface area (Å²) in [5.74, 6) is -0.231. The van der Waals surface area contributed by atoms with Crippen molar-refractivity contribution in [1.82, 2.24) is 4.98 Å². The molecule has 124 valence electrons. The van der Waals surface area contributed by atoms with Crippen LogP contribution in [0.5, 0.6) is 0 Å². The summed E-state index contributed by atoms with van der Waals surface area (Å²) in [4.78, 5) is 28.3. The molecular formula is C18H17NO4S. The Morgan fingerprint density at radius 1 is 1.17 bits per heavy atom. The summed E-state index contributed by atoms with van der Waals surface area (Å²) in [5, 5.41) is 0.695. The van der Waals surface area contributed by atoms with E-state index in [-0.39, 0.29) is 18.2 Å². The van der Waals surface area contributed by atoms with Gasteiger partial charge in [-0.15, -0.1) is 11.3 Å². The van der Waals surface area contributed by atoms with Crippen molar-refractivity contribution < 1.29 is 18.7 Å². The van der Waals surface area contributed by atoms with Crippen LogP contribution in [0.2, 0.25) is 0 Å². The number of aromatic nitrogens is 1. The lowest BCUT2D eigenvalue weighted by molar-refractivity contribution is -0.129. The highest BCUT2D eigenvalue weighted by atomic mass is 32.1. The Labute approximate surface area is 143 Å². The standard InChI is InChI=1S/C18H17NO4S/c1-18(2,3)15(20)10-22-17(21)13-9-8-12(23-13)16-19-11-6-4-5-7-14(11)24-16/h4-9H,10H2,1-3H3. The maximum absolute atomic E-state index is 12.0. The summed E-state index contributed by atoms with van der Waals surface area (Å²) in [5.41, 5.74) is 0.337. The minimum Gasteiger partial charge on any atom is -0.452 e. The van der Waals surface area contributed by atoms with Gasteiger partial charge in [-0.2, -0.15) is 0 Å². The molecule has 2 aromatic heterocycles. The third-order valence-electron chi connectivity index (χ3n) is 3.48. The van der Waals surface area contributed by atoms with Gasteiger partial charge >= 0.3 is 5.97 Å². The highest BCUT2D eigenvalue weighted by molar-refractivity contribution is 7.21. The van der Waals surface area contributed by atoms with E-state index in [4.69, 9.17) is 9.15 Å². The lowest BCUT2D eigenvalue weighted by Crippen LogP contribution is -2.26. The lowest BCUT2D eigenvalue weighted by Gasteiger charge is -2.15. The average molecular weight is 343 g/mol. The SMILES string of the molecule is CC(C)(C)C(=O)COC(=O)c1ccc(-c2nc3ccccc3s2)o1. The third kappa shape index (κ3) is 3.38. The van der Waals surface area contributed by atoms with Crippen LogP contribution in [0.4, 0.5) is 0 Å². The first-order chi connectivity index (χ1) is 11.3. The molecule has 5 nitrogen and oxygen atoms in total. The number of carbonyl (C=O) groups excluding carboxylic acids is 2. The van der Waals surface area contributed by atoms with Crippen molar-refractivity contribution in [2.75, 3.05) is 6.61 Å². The van der Waals surface area contributed by atoms with Crippen LogP contribution >= 0.6 is 11.3 Å². The molecule has 0 saturated carbocycles. The quantitative estimate of drug-likeness (QED) is 0.660. The van der Waals surface area contributed by atoms with Gasteiger partial charge in [-0.05, 0) is 24.3 Å². The second kappa shape index (κ2) is 6.20.